The second-order valence-electron chi connectivity index (χ2n) is 8.51. The average Bonchev–Trinajstić information content (AvgIpc) is 3.21. The quantitative estimate of drug-likeness (QED) is 0.539. The molecule has 1 aliphatic carbocycles. The fourth-order valence-electron chi connectivity index (χ4n) is 4.86. The van der Waals surface area contributed by atoms with Gasteiger partial charge in [-0.1, -0.05) is 54.6 Å². The van der Waals surface area contributed by atoms with E-state index in [4.69, 9.17) is 9.47 Å². The van der Waals surface area contributed by atoms with Gasteiger partial charge in [-0.15, -0.1) is 0 Å². The van der Waals surface area contributed by atoms with Gasteiger partial charge in [-0.25, -0.2) is 4.79 Å². The Balaban J connectivity index is 1.43. The molecule has 3 aromatic rings. The topological polar surface area (TPSA) is 71.0 Å². The van der Waals surface area contributed by atoms with E-state index in [2.05, 4.69) is 5.32 Å². The number of carbonyl (C=O) groups is 1. The van der Waals surface area contributed by atoms with Crippen LogP contribution < -0.4 is 14.8 Å². The van der Waals surface area contributed by atoms with Crippen LogP contribution in [0.25, 0.3) is 10.8 Å². The number of ether oxygens (including phenoxy) is 2. The molecule has 2 amide bonds. The Morgan fingerprint density at radius 3 is 2.79 bits per heavy atom. The van der Waals surface area contributed by atoms with Crippen molar-refractivity contribution in [3.05, 3.63) is 77.9 Å². The van der Waals surface area contributed by atoms with Crippen LogP contribution in [0, 0.1) is 0 Å². The number of benzene rings is 3. The van der Waals surface area contributed by atoms with E-state index in [1.54, 1.807) is 12.0 Å². The molecule has 0 bridgehead atoms. The Bertz CT molecular complexity index is 1220. The Kier molecular flexibility index (Phi) is 5.68. The summed E-state index contributed by atoms with van der Waals surface area (Å²) in [5, 5.41) is 15.2. The number of aliphatic hydroxyl groups excluding tert-OH is 1. The van der Waals surface area contributed by atoms with Crippen molar-refractivity contribution in [3.63, 3.8) is 0 Å². The number of nitrogens with one attached hydrogen (secondary N) is 1. The average molecular weight is 445 g/mol. The van der Waals surface area contributed by atoms with Crippen molar-refractivity contribution < 1.29 is 19.4 Å². The third-order valence-corrected chi connectivity index (χ3v) is 6.55. The van der Waals surface area contributed by atoms with Crippen molar-refractivity contribution in [2.75, 3.05) is 19.0 Å². The minimum atomic E-state index is -0.506. The fourth-order valence-corrected chi connectivity index (χ4v) is 4.86. The molecule has 1 unspecified atom stereocenters. The van der Waals surface area contributed by atoms with Gasteiger partial charge in [-0.2, -0.15) is 0 Å². The second kappa shape index (κ2) is 8.79. The van der Waals surface area contributed by atoms with Gasteiger partial charge in [0.2, 0.25) is 0 Å². The number of carbonyl (C=O) groups excluding carboxylic acids is 1. The molecule has 170 valence electrons. The largest absolute Gasteiger partial charge is 0.493 e. The third kappa shape index (κ3) is 3.91. The molecule has 33 heavy (non-hydrogen) atoms. The van der Waals surface area contributed by atoms with Crippen LogP contribution >= 0.6 is 0 Å². The lowest BCUT2D eigenvalue weighted by Gasteiger charge is -2.25. The van der Waals surface area contributed by atoms with Crippen molar-refractivity contribution >= 4 is 22.5 Å². The molecule has 0 aromatic heterocycles. The molecule has 2 N–H and O–H groups in total. The van der Waals surface area contributed by atoms with Crippen LogP contribution in [0.15, 0.2) is 66.7 Å². The highest BCUT2D eigenvalue weighted by Gasteiger charge is 2.40. The zero-order valence-corrected chi connectivity index (χ0v) is 18.8. The summed E-state index contributed by atoms with van der Waals surface area (Å²) < 4.78 is 11.7. The molecular weight excluding hydrogens is 416 g/mol. The van der Waals surface area contributed by atoms with Crippen LogP contribution in [0.2, 0.25) is 0 Å². The summed E-state index contributed by atoms with van der Waals surface area (Å²) in [5.74, 6) is 1.43. The maximum absolute atomic E-state index is 13.3. The SMILES string of the molecule is CCN(Cc1ccc(OC)c2c1[C@@H]1C=C[C@H](O)CC1O2)C(=O)Nc1cccc2ccccc12. The number of aliphatic hydroxyl groups is 1. The van der Waals surface area contributed by atoms with Crippen molar-refractivity contribution in [2.45, 2.75) is 38.0 Å². The molecule has 5 rings (SSSR count). The van der Waals surface area contributed by atoms with E-state index in [9.17, 15) is 9.90 Å². The van der Waals surface area contributed by atoms with Crippen LogP contribution in [0.4, 0.5) is 10.5 Å². The first kappa shape index (κ1) is 21.3. The lowest BCUT2D eigenvalue weighted by molar-refractivity contribution is 0.117. The number of fused-ring (bicyclic) bond motifs is 4. The van der Waals surface area contributed by atoms with E-state index in [1.165, 1.54) is 0 Å². The predicted molar refractivity (Wildman–Crippen MR) is 129 cm³/mol. The molecule has 3 aromatic carbocycles. The highest BCUT2D eigenvalue weighted by atomic mass is 16.5. The Morgan fingerprint density at radius 1 is 1.15 bits per heavy atom. The van der Waals surface area contributed by atoms with E-state index in [0.29, 0.717) is 31.0 Å². The summed E-state index contributed by atoms with van der Waals surface area (Å²) in [4.78, 5) is 15.0. The van der Waals surface area contributed by atoms with Crippen LogP contribution in [0.1, 0.15) is 30.4 Å². The van der Waals surface area contributed by atoms with Crippen LogP contribution in [-0.4, -0.2) is 41.9 Å². The highest BCUT2D eigenvalue weighted by Crippen LogP contribution is 2.49. The zero-order valence-electron chi connectivity index (χ0n) is 18.8. The number of hydrogen-bond donors (Lipinski definition) is 2. The van der Waals surface area contributed by atoms with E-state index in [0.717, 1.165) is 27.6 Å². The first-order valence-electron chi connectivity index (χ1n) is 11.4. The lowest BCUT2D eigenvalue weighted by Crippen LogP contribution is -2.34. The number of rotatable bonds is 5. The standard InChI is InChI=1S/C27H28N2O4/c1-3-29(27(31)28-22-10-6-8-17-7-4-5-9-20(17)22)16-18-11-14-23(32-2)26-25(18)21-13-12-19(30)15-24(21)33-26/h4-14,19,21,24,30H,3,15-16H2,1-2H3,(H,28,31)/t19-,21+,24?/m0/s1. The third-order valence-electron chi connectivity index (χ3n) is 6.55. The molecule has 0 radical (unpaired) electrons. The fraction of sp³-hybridized carbons (Fsp3) is 0.296. The molecule has 6 heteroatoms. The molecule has 1 aliphatic heterocycles. The summed E-state index contributed by atoms with van der Waals surface area (Å²) in [5.41, 5.74) is 2.86. The molecule has 6 nitrogen and oxygen atoms in total. The Labute approximate surface area is 193 Å². The Hall–Kier alpha value is -3.51. The van der Waals surface area contributed by atoms with Crippen molar-refractivity contribution in [2.24, 2.45) is 0 Å². The van der Waals surface area contributed by atoms with Gasteiger partial charge >= 0.3 is 6.03 Å². The highest BCUT2D eigenvalue weighted by molar-refractivity contribution is 6.01. The summed E-state index contributed by atoms with van der Waals surface area (Å²) in [6.45, 7) is 2.98. The maximum atomic E-state index is 13.3. The summed E-state index contributed by atoms with van der Waals surface area (Å²) in [7, 11) is 1.63. The first-order chi connectivity index (χ1) is 16.1. The van der Waals surface area contributed by atoms with Gasteiger partial charge in [0.1, 0.15) is 6.10 Å². The van der Waals surface area contributed by atoms with Gasteiger partial charge in [0.15, 0.2) is 11.5 Å². The van der Waals surface area contributed by atoms with Crippen LogP contribution in [0.5, 0.6) is 11.5 Å². The van der Waals surface area contributed by atoms with Gasteiger partial charge in [-0.3, -0.25) is 0 Å². The maximum Gasteiger partial charge on any atom is 0.322 e. The summed E-state index contributed by atoms with van der Waals surface area (Å²) >= 11 is 0. The van der Waals surface area contributed by atoms with Gasteiger partial charge in [0.25, 0.3) is 0 Å². The van der Waals surface area contributed by atoms with Gasteiger partial charge in [0.05, 0.1) is 18.9 Å². The monoisotopic (exact) mass is 444 g/mol. The number of methoxy groups -OCH3 is 1. The van der Waals surface area contributed by atoms with Crippen LogP contribution in [-0.2, 0) is 6.54 Å². The van der Waals surface area contributed by atoms with Gasteiger partial charge < -0.3 is 24.8 Å². The Morgan fingerprint density at radius 2 is 1.97 bits per heavy atom. The lowest BCUT2D eigenvalue weighted by atomic mass is 9.85. The molecular formula is C27H28N2O4. The zero-order chi connectivity index (χ0) is 22.9. The van der Waals surface area contributed by atoms with Gasteiger partial charge in [0, 0.05) is 36.4 Å². The van der Waals surface area contributed by atoms with E-state index in [1.807, 2.05) is 73.7 Å². The molecule has 0 saturated carbocycles. The molecule has 0 fully saturated rings. The van der Waals surface area contributed by atoms with E-state index < -0.39 is 6.10 Å². The molecule has 1 heterocycles. The summed E-state index contributed by atoms with van der Waals surface area (Å²) in [6, 6.07) is 17.7. The van der Waals surface area contributed by atoms with E-state index >= 15 is 0 Å². The molecule has 3 atom stereocenters. The molecule has 0 spiro atoms. The number of amides is 2. The molecule has 0 saturated heterocycles. The number of urea groups is 1. The van der Waals surface area contributed by atoms with Crippen molar-refractivity contribution in [3.8, 4) is 11.5 Å². The second-order valence-corrected chi connectivity index (χ2v) is 8.51. The van der Waals surface area contributed by atoms with Crippen molar-refractivity contribution in [1.82, 2.24) is 4.90 Å². The first-order valence-corrected chi connectivity index (χ1v) is 11.4. The number of hydrogen-bond acceptors (Lipinski definition) is 4. The summed E-state index contributed by atoms with van der Waals surface area (Å²) in [6.07, 6.45) is 3.74. The molecule has 2 aliphatic rings. The minimum Gasteiger partial charge on any atom is -0.493 e. The number of nitrogens with zero attached hydrogens (tertiary/aromatic N) is 1. The van der Waals surface area contributed by atoms with E-state index in [-0.39, 0.29) is 18.1 Å². The van der Waals surface area contributed by atoms with Crippen molar-refractivity contribution in [1.29, 1.82) is 0 Å². The normalized spacial score (nSPS) is 20.6. The smallest absolute Gasteiger partial charge is 0.322 e. The van der Waals surface area contributed by atoms with Gasteiger partial charge in [-0.05, 0) is 30.0 Å². The predicted octanol–water partition coefficient (Wildman–Crippen LogP) is 5.07. The number of anilines is 1. The minimum absolute atomic E-state index is 0.0355. The van der Waals surface area contributed by atoms with Crippen LogP contribution in [0.3, 0.4) is 0 Å².